The Kier molecular flexibility index (Phi) is 10.5. The Morgan fingerprint density at radius 1 is 1.00 bits per heavy atom. The van der Waals surface area contributed by atoms with Crippen LogP contribution in [-0.2, 0) is 19.1 Å². The molecule has 0 heterocycles. The molecule has 0 aliphatic carbocycles. The Labute approximate surface area is 119 Å². The predicted molar refractivity (Wildman–Crippen MR) is 73.0 cm³/mol. The van der Waals surface area contributed by atoms with Crippen molar-refractivity contribution in [3.8, 4) is 0 Å². The SMILES string of the molecule is CC(C)C(N)C(=O)O.COC(=O)CC(C(=O)O)C(C)C. The van der Waals surface area contributed by atoms with Crippen LogP contribution < -0.4 is 5.73 Å². The fraction of sp³-hybridized carbons (Fsp3) is 0.769. The monoisotopic (exact) mass is 291 g/mol. The van der Waals surface area contributed by atoms with Gasteiger partial charge in [0.15, 0.2) is 0 Å². The molecular formula is C13H25NO6. The molecule has 118 valence electrons. The first-order valence-corrected chi connectivity index (χ1v) is 6.32. The smallest absolute Gasteiger partial charge is 0.320 e. The molecule has 0 aromatic rings. The summed E-state index contributed by atoms with van der Waals surface area (Å²) >= 11 is 0. The van der Waals surface area contributed by atoms with Gasteiger partial charge < -0.3 is 20.7 Å². The van der Waals surface area contributed by atoms with Gasteiger partial charge in [-0.05, 0) is 11.8 Å². The van der Waals surface area contributed by atoms with Crippen molar-refractivity contribution in [2.45, 2.75) is 40.2 Å². The molecule has 0 fully saturated rings. The standard InChI is InChI=1S/C8H14O4.C5H11NO2/c1-5(2)6(8(10)11)4-7(9)12-3;1-3(2)4(6)5(7)8/h5-6H,4H2,1-3H3,(H,10,11);3-4H,6H2,1-2H3,(H,7,8). The zero-order valence-corrected chi connectivity index (χ0v) is 12.6. The lowest BCUT2D eigenvalue weighted by molar-refractivity contribution is -0.151. The molecule has 0 rings (SSSR count). The Morgan fingerprint density at radius 3 is 1.60 bits per heavy atom. The number of carbonyl (C=O) groups excluding carboxylic acids is 1. The van der Waals surface area contributed by atoms with E-state index in [0.29, 0.717) is 0 Å². The van der Waals surface area contributed by atoms with Gasteiger partial charge in [0.2, 0.25) is 0 Å². The average molecular weight is 291 g/mol. The number of hydrogen-bond acceptors (Lipinski definition) is 5. The van der Waals surface area contributed by atoms with Crippen molar-refractivity contribution < 1.29 is 29.3 Å². The summed E-state index contributed by atoms with van der Waals surface area (Å²) in [6.07, 6.45) is -0.0521. The summed E-state index contributed by atoms with van der Waals surface area (Å²) in [6, 6.07) is -0.713. The van der Waals surface area contributed by atoms with Crippen LogP contribution in [-0.4, -0.2) is 41.3 Å². The van der Waals surface area contributed by atoms with Crippen LogP contribution in [0.4, 0.5) is 0 Å². The fourth-order valence-electron chi connectivity index (χ4n) is 1.16. The van der Waals surface area contributed by atoms with Crippen molar-refractivity contribution in [3.05, 3.63) is 0 Å². The first-order valence-electron chi connectivity index (χ1n) is 6.32. The summed E-state index contributed by atoms with van der Waals surface area (Å²) in [5.74, 6) is -3.03. The second kappa shape index (κ2) is 10.2. The van der Waals surface area contributed by atoms with Crippen molar-refractivity contribution in [1.29, 1.82) is 0 Å². The molecule has 2 unspecified atom stereocenters. The number of methoxy groups -OCH3 is 1. The third-order valence-corrected chi connectivity index (χ3v) is 2.74. The summed E-state index contributed by atoms with van der Waals surface area (Å²) in [6.45, 7) is 7.08. The molecule has 20 heavy (non-hydrogen) atoms. The van der Waals surface area contributed by atoms with Crippen molar-refractivity contribution >= 4 is 17.9 Å². The Morgan fingerprint density at radius 2 is 1.45 bits per heavy atom. The van der Waals surface area contributed by atoms with Crippen molar-refractivity contribution in [3.63, 3.8) is 0 Å². The summed E-state index contributed by atoms with van der Waals surface area (Å²) in [5, 5.41) is 16.9. The first kappa shape index (κ1) is 20.7. The van der Waals surface area contributed by atoms with Crippen molar-refractivity contribution in [2.75, 3.05) is 7.11 Å². The van der Waals surface area contributed by atoms with Gasteiger partial charge in [0.25, 0.3) is 0 Å². The molecule has 0 aromatic carbocycles. The minimum atomic E-state index is -0.949. The number of rotatable bonds is 6. The largest absolute Gasteiger partial charge is 0.481 e. The highest BCUT2D eigenvalue weighted by Crippen LogP contribution is 2.15. The van der Waals surface area contributed by atoms with Crippen LogP contribution in [0.5, 0.6) is 0 Å². The maximum atomic E-state index is 10.7. The van der Waals surface area contributed by atoms with E-state index >= 15 is 0 Å². The second-order valence-electron chi connectivity index (χ2n) is 5.08. The topological polar surface area (TPSA) is 127 Å². The van der Waals surface area contributed by atoms with Gasteiger partial charge in [-0.15, -0.1) is 0 Å². The molecule has 0 aromatic heterocycles. The maximum Gasteiger partial charge on any atom is 0.320 e. The zero-order chi connectivity index (χ0) is 16.5. The molecule has 7 nitrogen and oxygen atoms in total. The number of ether oxygens (including phenoxy) is 1. The number of nitrogens with two attached hydrogens (primary N) is 1. The second-order valence-corrected chi connectivity index (χ2v) is 5.08. The van der Waals surface area contributed by atoms with Crippen molar-refractivity contribution in [2.24, 2.45) is 23.5 Å². The summed E-state index contributed by atoms with van der Waals surface area (Å²) in [4.78, 5) is 31.3. The maximum absolute atomic E-state index is 10.7. The number of esters is 1. The molecule has 0 aliphatic heterocycles. The normalized spacial score (nSPS) is 13.2. The lowest BCUT2D eigenvalue weighted by atomic mass is 9.93. The van der Waals surface area contributed by atoms with E-state index in [9.17, 15) is 14.4 Å². The van der Waals surface area contributed by atoms with Gasteiger partial charge >= 0.3 is 17.9 Å². The van der Waals surface area contributed by atoms with E-state index in [2.05, 4.69) is 4.74 Å². The van der Waals surface area contributed by atoms with E-state index in [1.165, 1.54) is 7.11 Å². The third-order valence-electron chi connectivity index (χ3n) is 2.74. The fourth-order valence-corrected chi connectivity index (χ4v) is 1.16. The summed E-state index contributed by atoms with van der Waals surface area (Å²) in [7, 11) is 1.25. The lowest BCUT2D eigenvalue weighted by Crippen LogP contribution is -2.34. The van der Waals surface area contributed by atoms with Gasteiger partial charge in [0, 0.05) is 0 Å². The Bertz CT molecular complexity index is 327. The van der Waals surface area contributed by atoms with Crippen LogP contribution in [0.1, 0.15) is 34.1 Å². The van der Waals surface area contributed by atoms with Crippen LogP contribution in [0.25, 0.3) is 0 Å². The molecule has 0 saturated carbocycles. The molecule has 0 amide bonds. The van der Waals surface area contributed by atoms with E-state index in [0.717, 1.165) is 0 Å². The highest BCUT2D eigenvalue weighted by atomic mass is 16.5. The van der Waals surface area contributed by atoms with E-state index in [-0.39, 0.29) is 18.3 Å². The minimum absolute atomic E-state index is 0.0208. The molecular weight excluding hydrogens is 266 g/mol. The van der Waals surface area contributed by atoms with Crippen LogP contribution in [0.15, 0.2) is 0 Å². The highest BCUT2D eigenvalue weighted by Gasteiger charge is 2.24. The quantitative estimate of drug-likeness (QED) is 0.622. The molecule has 0 spiro atoms. The highest BCUT2D eigenvalue weighted by molar-refractivity contribution is 5.78. The third kappa shape index (κ3) is 9.32. The molecule has 4 N–H and O–H groups in total. The molecule has 0 radical (unpaired) electrons. The molecule has 2 atom stereocenters. The molecule has 7 heteroatoms. The number of carboxylic acids is 2. The molecule has 0 bridgehead atoms. The number of hydrogen-bond donors (Lipinski definition) is 3. The molecule has 0 aliphatic rings. The van der Waals surface area contributed by atoms with E-state index in [1.54, 1.807) is 27.7 Å². The number of aliphatic carboxylic acids is 2. The van der Waals surface area contributed by atoms with Gasteiger partial charge in [-0.1, -0.05) is 27.7 Å². The van der Waals surface area contributed by atoms with Gasteiger partial charge in [-0.25, -0.2) is 0 Å². The van der Waals surface area contributed by atoms with Gasteiger partial charge in [-0.3, -0.25) is 14.4 Å². The van der Waals surface area contributed by atoms with Crippen molar-refractivity contribution in [1.82, 2.24) is 0 Å². The van der Waals surface area contributed by atoms with Crippen LogP contribution in [0, 0.1) is 17.8 Å². The summed E-state index contributed by atoms with van der Waals surface area (Å²) < 4.78 is 4.38. The summed E-state index contributed by atoms with van der Waals surface area (Å²) in [5.41, 5.74) is 5.16. The number of carboxylic acid groups (broad SMARTS) is 2. The van der Waals surface area contributed by atoms with Gasteiger partial charge in [0.05, 0.1) is 19.4 Å². The van der Waals surface area contributed by atoms with Gasteiger partial charge in [0.1, 0.15) is 6.04 Å². The van der Waals surface area contributed by atoms with E-state index < -0.39 is 29.9 Å². The number of carbonyl (C=O) groups is 3. The zero-order valence-electron chi connectivity index (χ0n) is 12.6. The predicted octanol–water partition coefficient (Wildman–Crippen LogP) is 0.961. The van der Waals surface area contributed by atoms with Gasteiger partial charge in [-0.2, -0.15) is 0 Å². The Balaban J connectivity index is 0. The Hall–Kier alpha value is -1.63. The van der Waals surface area contributed by atoms with Crippen LogP contribution >= 0.6 is 0 Å². The lowest BCUT2D eigenvalue weighted by Gasteiger charge is -2.13. The van der Waals surface area contributed by atoms with E-state index in [1.807, 2.05) is 0 Å². The average Bonchev–Trinajstić information content (AvgIpc) is 2.34. The van der Waals surface area contributed by atoms with E-state index in [4.69, 9.17) is 15.9 Å². The van der Waals surface area contributed by atoms with Crippen LogP contribution in [0.3, 0.4) is 0 Å². The van der Waals surface area contributed by atoms with Crippen LogP contribution in [0.2, 0.25) is 0 Å². The molecule has 0 saturated heterocycles. The minimum Gasteiger partial charge on any atom is -0.481 e. The first-order chi connectivity index (χ1) is 9.04.